The normalized spacial score (nSPS) is 11.9. The third kappa shape index (κ3) is 4.38. The van der Waals surface area contributed by atoms with E-state index in [0.29, 0.717) is 10.9 Å². The smallest absolute Gasteiger partial charge is 0.317 e. The van der Waals surface area contributed by atoms with Gasteiger partial charge < -0.3 is 5.32 Å². The molecule has 0 spiro atoms. The molecule has 0 saturated heterocycles. The van der Waals surface area contributed by atoms with Crippen LogP contribution in [-0.4, -0.2) is 31.8 Å². The lowest BCUT2D eigenvalue weighted by molar-refractivity contribution is -0.167. The number of carbonyl (C=O) groups is 1. The maximum Gasteiger partial charge on any atom is 0.471 e. The summed E-state index contributed by atoms with van der Waals surface area (Å²) in [5.41, 5.74) is -0.508. The number of alkyl halides is 6. The SMILES string of the molecule is N#Cc1cc(-c2cncc(NC(=O)C(F)(F)F)c2)cc2c1cnn2-c1cccc(C(F)(F)F)n1. The second-order valence-electron chi connectivity index (χ2n) is 6.92. The molecule has 0 aliphatic rings. The van der Waals surface area contributed by atoms with Crippen molar-refractivity contribution in [2.75, 3.05) is 5.32 Å². The van der Waals surface area contributed by atoms with Crippen molar-refractivity contribution in [3.05, 3.63) is 66.2 Å². The second-order valence-corrected chi connectivity index (χ2v) is 6.92. The van der Waals surface area contributed by atoms with Gasteiger partial charge in [-0.05, 0) is 35.9 Å². The quantitative estimate of drug-likeness (QED) is 0.426. The Morgan fingerprint density at radius 2 is 1.76 bits per heavy atom. The molecule has 13 heteroatoms. The predicted octanol–water partition coefficient (Wildman–Crippen LogP) is 4.87. The number of nitriles is 1. The number of hydrogen-bond acceptors (Lipinski definition) is 5. The molecule has 4 rings (SSSR count). The zero-order valence-electron chi connectivity index (χ0n) is 16.6. The van der Waals surface area contributed by atoms with Gasteiger partial charge in [0, 0.05) is 17.1 Å². The van der Waals surface area contributed by atoms with Crippen molar-refractivity contribution in [3.63, 3.8) is 0 Å². The summed E-state index contributed by atoms with van der Waals surface area (Å²) in [6, 6.07) is 9.31. The Morgan fingerprint density at radius 3 is 2.44 bits per heavy atom. The Balaban J connectivity index is 1.82. The lowest BCUT2D eigenvalue weighted by atomic mass is 10.0. The van der Waals surface area contributed by atoms with Crippen molar-refractivity contribution in [2.24, 2.45) is 0 Å². The van der Waals surface area contributed by atoms with E-state index in [9.17, 15) is 36.4 Å². The number of anilines is 1. The van der Waals surface area contributed by atoms with Gasteiger partial charge in [0.1, 0.15) is 5.69 Å². The summed E-state index contributed by atoms with van der Waals surface area (Å²) >= 11 is 0. The average molecular weight is 476 g/mol. The maximum atomic E-state index is 13.1. The molecular formula is C21H10F6N6O. The standard InChI is InChI=1S/C21H10F6N6O/c22-20(23,24)17-2-1-3-18(32-17)33-16-6-11(4-12(7-28)15(16)10-30-33)13-5-14(9-29-8-13)31-19(34)21(25,26)27/h1-6,8-10H,(H,31,34). The molecule has 1 N–H and O–H groups in total. The zero-order valence-corrected chi connectivity index (χ0v) is 16.6. The third-order valence-corrected chi connectivity index (χ3v) is 4.64. The molecule has 172 valence electrons. The van der Waals surface area contributed by atoms with E-state index >= 15 is 0 Å². The van der Waals surface area contributed by atoms with E-state index in [4.69, 9.17) is 0 Å². The lowest BCUT2D eigenvalue weighted by Gasteiger charge is -2.11. The first-order valence-corrected chi connectivity index (χ1v) is 9.27. The van der Waals surface area contributed by atoms with Crippen molar-refractivity contribution >= 4 is 22.5 Å². The van der Waals surface area contributed by atoms with E-state index in [2.05, 4.69) is 15.1 Å². The Morgan fingerprint density at radius 1 is 1.00 bits per heavy atom. The Labute approximate surface area is 186 Å². The third-order valence-electron chi connectivity index (χ3n) is 4.64. The molecule has 0 fully saturated rings. The Bertz CT molecular complexity index is 1450. The van der Waals surface area contributed by atoms with Gasteiger partial charge >= 0.3 is 18.3 Å². The summed E-state index contributed by atoms with van der Waals surface area (Å²) < 4.78 is 78.0. The van der Waals surface area contributed by atoms with Gasteiger partial charge in [-0.15, -0.1) is 0 Å². The van der Waals surface area contributed by atoms with Crippen LogP contribution in [0.1, 0.15) is 11.3 Å². The van der Waals surface area contributed by atoms with Gasteiger partial charge in [-0.2, -0.15) is 36.7 Å². The van der Waals surface area contributed by atoms with Crippen molar-refractivity contribution in [1.82, 2.24) is 19.7 Å². The molecule has 0 unspecified atom stereocenters. The number of rotatable bonds is 3. The number of carbonyl (C=O) groups excluding carboxylic acids is 1. The largest absolute Gasteiger partial charge is 0.471 e. The van der Waals surface area contributed by atoms with Gasteiger partial charge in [0.25, 0.3) is 0 Å². The van der Waals surface area contributed by atoms with Crippen LogP contribution in [0.15, 0.2) is 55.0 Å². The van der Waals surface area contributed by atoms with Crippen LogP contribution in [0.25, 0.3) is 27.8 Å². The van der Waals surface area contributed by atoms with Crippen LogP contribution < -0.4 is 5.32 Å². The Hall–Kier alpha value is -4.47. The number of amides is 1. The predicted molar refractivity (Wildman–Crippen MR) is 106 cm³/mol. The van der Waals surface area contributed by atoms with Crippen LogP contribution in [0, 0.1) is 11.3 Å². The molecule has 34 heavy (non-hydrogen) atoms. The molecule has 3 aromatic heterocycles. The van der Waals surface area contributed by atoms with Crippen LogP contribution in [0.4, 0.5) is 32.0 Å². The highest BCUT2D eigenvalue weighted by Gasteiger charge is 2.38. The number of halogens is 6. The van der Waals surface area contributed by atoms with Crippen molar-refractivity contribution in [1.29, 1.82) is 5.26 Å². The van der Waals surface area contributed by atoms with E-state index in [1.807, 2.05) is 6.07 Å². The molecule has 0 atom stereocenters. The summed E-state index contributed by atoms with van der Waals surface area (Å²) in [4.78, 5) is 18.6. The number of fused-ring (bicyclic) bond motifs is 1. The molecule has 4 aromatic rings. The molecule has 0 aliphatic heterocycles. The molecule has 1 amide bonds. The van der Waals surface area contributed by atoms with Gasteiger partial charge in [0.15, 0.2) is 5.82 Å². The second kappa shape index (κ2) is 8.14. The minimum absolute atomic E-state index is 0.107. The fraction of sp³-hybridized carbons (Fsp3) is 0.0952. The molecule has 0 bridgehead atoms. The number of nitrogens with zero attached hydrogens (tertiary/aromatic N) is 5. The molecule has 7 nitrogen and oxygen atoms in total. The molecule has 0 aliphatic carbocycles. The first-order valence-electron chi connectivity index (χ1n) is 9.27. The van der Waals surface area contributed by atoms with E-state index in [0.717, 1.165) is 23.0 Å². The molecule has 1 aromatic carbocycles. The van der Waals surface area contributed by atoms with Crippen LogP contribution >= 0.6 is 0 Å². The fourth-order valence-electron chi connectivity index (χ4n) is 3.14. The topological polar surface area (TPSA) is 96.5 Å². The molecule has 3 heterocycles. The molecule has 0 radical (unpaired) electrons. The van der Waals surface area contributed by atoms with Crippen molar-refractivity contribution < 1.29 is 31.1 Å². The summed E-state index contributed by atoms with van der Waals surface area (Å²) in [5.74, 6) is -2.34. The summed E-state index contributed by atoms with van der Waals surface area (Å²) in [7, 11) is 0. The van der Waals surface area contributed by atoms with Crippen molar-refractivity contribution in [3.8, 4) is 23.0 Å². The van der Waals surface area contributed by atoms with Gasteiger partial charge in [0.05, 0.1) is 35.2 Å². The highest BCUT2D eigenvalue weighted by atomic mass is 19.4. The van der Waals surface area contributed by atoms with Gasteiger partial charge in [0.2, 0.25) is 0 Å². The van der Waals surface area contributed by atoms with Crippen LogP contribution in [-0.2, 0) is 11.0 Å². The number of nitrogens with one attached hydrogen (secondary N) is 1. The summed E-state index contributed by atoms with van der Waals surface area (Å²) in [6.45, 7) is 0. The van der Waals surface area contributed by atoms with Gasteiger partial charge in [-0.1, -0.05) is 6.07 Å². The Kier molecular flexibility index (Phi) is 5.44. The first-order chi connectivity index (χ1) is 16.0. The lowest BCUT2D eigenvalue weighted by Crippen LogP contribution is -2.29. The highest BCUT2D eigenvalue weighted by Crippen LogP contribution is 2.31. The minimum atomic E-state index is -5.10. The van der Waals surface area contributed by atoms with Crippen LogP contribution in [0.3, 0.4) is 0 Å². The van der Waals surface area contributed by atoms with Crippen LogP contribution in [0.5, 0.6) is 0 Å². The number of hydrogen-bond donors (Lipinski definition) is 1. The van der Waals surface area contributed by atoms with E-state index < -0.39 is 24.0 Å². The van der Waals surface area contributed by atoms with E-state index in [-0.39, 0.29) is 28.1 Å². The van der Waals surface area contributed by atoms with Gasteiger partial charge in [-0.25, -0.2) is 9.67 Å². The highest BCUT2D eigenvalue weighted by molar-refractivity contribution is 5.96. The monoisotopic (exact) mass is 476 g/mol. The minimum Gasteiger partial charge on any atom is -0.317 e. The fourth-order valence-corrected chi connectivity index (χ4v) is 3.14. The number of benzene rings is 1. The van der Waals surface area contributed by atoms with Crippen LogP contribution in [0.2, 0.25) is 0 Å². The summed E-state index contributed by atoms with van der Waals surface area (Å²) in [5, 5.41) is 15.6. The number of pyridine rings is 2. The first kappa shape index (κ1) is 22.7. The summed E-state index contributed by atoms with van der Waals surface area (Å²) in [6.07, 6.45) is -6.21. The van der Waals surface area contributed by atoms with Crippen molar-refractivity contribution in [2.45, 2.75) is 12.4 Å². The molecular weight excluding hydrogens is 466 g/mol. The average Bonchev–Trinajstić information content (AvgIpc) is 3.21. The number of aromatic nitrogens is 4. The van der Waals surface area contributed by atoms with Gasteiger partial charge in [-0.3, -0.25) is 9.78 Å². The maximum absolute atomic E-state index is 13.1. The zero-order chi connectivity index (χ0) is 24.7. The molecule has 0 saturated carbocycles. The van der Waals surface area contributed by atoms with E-state index in [1.165, 1.54) is 36.7 Å². The van der Waals surface area contributed by atoms with E-state index in [1.54, 1.807) is 5.32 Å².